The minimum Gasteiger partial charge on any atom is -0.356 e. The van der Waals surface area contributed by atoms with Crippen LogP contribution in [0, 0.1) is 11.3 Å². The highest BCUT2D eigenvalue weighted by Gasteiger charge is 2.46. The molecule has 30 heavy (non-hydrogen) atoms. The molecule has 2 amide bonds. The lowest BCUT2D eigenvalue weighted by molar-refractivity contribution is -0.136. The van der Waals surface area contributed by atoms with E-state index in [1.54, 1.807) is 11.3 Å². The van der Waals surface area contributed by atoms with Crippen LogP contribution in [0.2, 0.25) is 0 Å². The number of benzene rings is 1. The number of amides is 2. The molecular weight excluding hydrogens is 392 g/mol. The molecule has 4 nitrogen and oxygen atoms in total. The molecule has 158 valence electrons. The first kappa shape index (κ1) is 20.9. The number of likely N-dealkylation sites (tertiary alicyclic amines) is 1. The third-order valence-electron chi connectivity index (χ3n) is 6.44. The molecule has 1 aromatic heterocycles. The molecule has 0 radical (unpaired) electrons. The lowest BCUT2D eigenvalue weighted by atomic mass is 9.78. The number of nitrogens with one attached hydrogen (secondary N) is 1. The fourth-order valence-corrected chi connectivity index (χ4v) is 5.59. The lowest BCUT2D eigenvalue weighted by Gasteiger charge is -2.30. The van der Waals surface area contributed by atoms with Gasteiger partial charge in [-0.3, -0.25) is 9.59 Å². The summed E-state index contributed by atoms with van der Waals surface area (Å²) in [4.78, 5) is 29.6. The van der Waals surface area contributed by atoms with Crippen LogP contribution in [0.3, 0.4) is 0 Å². The number of carbonyl (C=O) groups excluding carboxylic acids is 2. The van der Waals surface area contributed by atoms with Gasteiger partial charge >= 0.3 is 0 Å². The second-order valence-corrected chi connectivity index (χ2v) is 9.39. The van der Waals surface area contributed by atoms with Crippen molar-refractivity contribution in [3.8, 4) is 10.4 Å². The Morgan fingerprint density at radius 1 is 1.20 bits per heavy atom. The maximum atomic E-state index is 13.3. The van der Waals surface area contributed by atoms with Gasteiger partial charge in [0.15, 0.2) is 0 Å². The average Bonchev–Trinajstić information content (AvgIpc) is 3.46. The van der Waals surface area contributed by atoms with Crippen LogP contribution in [0.15, 0.2) is 53.9 Å². The smallest absolute Gasteiger partial charge is 0.228 e. The summed E-state index contributed by atoms with van der Waals surface area (Å²) in [5, 5.41) is 5.14. The number of hydrogen-bond donors (Lipinski definition) is 1. The zero-order valence-corrected chi connectivity index (χ0v) is 18.4. The van der Waals surface area contributed by atoms with Crippen LogP contribution in [-0.4, -0.2) is 36.3 Å². The van der Waals surface area contributed by atoms with Crippen molar-refractivity contribution >= 4 is 23.2 Å². The Morgan fingerprint density at radius 3 is 2.80 bits per heavy atom. The van der Waals surface area contributed by atoms with E-state index < -0.39 is 5.41 Å². The minimum atomic E-state index is -0.566. The molecule has 0 spiro atoms. The SMILES string of the molecule is CCNC(=O)[C@@]1(Cc2ccccc2-c2cccs2)CCN(C(=O)[C@H]2CC=CCC2)C1. The highest BCUT2D eigenvalue weighted by molar-refractivity contribution is 7.13. The van der Waals surface area contributed by atoms with Crippen LogP contribution in [0.4, 0.5) is 0 Å². The summed E-state index contributed by atoms with van der Waals surface area (Å²) in [5.74, 6) is 0.361. The van der Waals surface area contributed by atoms with Gasteiger partial charge in [-0.05, 0) is 61.6 Å². The molecule has 1 aromatic carbocycles. The van der Waals surface area contributed by atoms with Crippen molar-refractivity contribution in [3.05, 3.63) is 59.5 Å². The van der Waals surface area contributed by atoms with E-state index in [0.717, 1.165) is 19.3 Å². The van der Waals surface area contributed by atoms with E-state index in [0.29, 0.717) is 32.5 Å². The van der Waals surface area contributed by atoms with Gasteiger partial charge in [-0.2, -0.15) is 0 Å². The van der Waals surface area contributed by atoms with Gasteiger partial charge in [0.25, 0.3) is 0 Å². The summed E-state index contributed by atoms with van der Waals surface area (Å²) in [6.45, 7) is 3.74. The van der Waals surface area contributed by atoms with E-state index in [-0.39, 0.29) is 17.7 Å². The zero-order chi connectivity index (χ0) is 21.0. The number of thiophene rings is 1. The number of hydrogen-bond acceptors (Lipinski definition) is 3. The van der Waals surface area contributed by atoms with Crippen molar-refractivity contribution in [2.75, 3.05) is 19.6 Å². The van der Waals surface area contributed by atoms with Crippen LogP contribution in [0.25, 0.3) is 10.4 Å². The second kappa shape index (κ2) is 9.17. The second-order valence-electron chi connectivity index (χ2n) is 8.44. The molecule has 0 saturated carbocycles. The van der Waals surface area contributed by atoms with E-state index in [4.69, 9.17) is 0 Å². The summed E-state index contributed by atoms with van der Waals surface area (Å²) >= 11 is 1.72. The van der Waals surface area contributed by atoms with Gasteiger partial charge in [-0.1, -0.05) is 42.5 Å². The van der Waals surface area contributed by atoms with E-state index >= 15 is 0 Å². The summed E-state index contributed by atoms with van der Waals surface area (Å²) in [7, 11) is 0. The molecule has 0 bridgehead atoms. The predicted octanol–water partition coefficient (Wildman–Crippen LogP) is 4.67. The van der Waals surface area contributed by atoms with Crippen LogP contribution in [0.1, 0.15) is 38.2 Å². The van der Waals surface area contributed by atoms with Crippen molar-refractivity contribution in [1.82, 2.24) is 10.2 Å². The van der Waals surface area contributed by atoms with Gasteiger partial charge in [0.1, 0.15) is 0 Å². The summed E-state index contributed by atoms with van der Waals surface area (Å²) in [6.07, 6.45) is 8.36. The molecule has 1 aliphatic heterocycles. The average molecular weight is 423 g/mol. The van der Waals surface area contributed by atoms with E-state index in [2.05, 4.69) is 53.2 Å². The van der Waals surface area contributed by atoms with E-state index in [1.807, 2.05) is 17.9 Å². The van der Waals surface area contributed by atoms with Crippen molar-refractivity contribution in [2.45, 2.75) is 39.0 Å². The molecule has 1 N–H and O–H groups in total. The molecular formula is C25H30N2O2S. The third-order valence-corrected chi connectivity index (χ3v) is 7.34. The topological polar surface area (TPSA) is 49.4 Å². The van der Waals surface area contributed by atoms with Gasteiger partial charge in [0.05, 0.1) is 5.41 Å². The molecule has 2 atom stereocenters. The van der Waals surface area contributed by atoms with Crippen molar-refractivity contribution in [3.63, 3.8) is 0 Å². The normalized spacial score (nSPS) is 23.5. The summed E-state index contributed by atoms with van der Waals surface area (Å²) in [5.41, 5.74) is 1.81. The van der Waals surface area contributed by atoms with Gasteiger partial charge in [0.2, 0.25) is 11.8 Å². The lowest BCUT2D eigenvalue weighted by Crippen LogP contribution is -2.46. The van der Waals surface area contributed by atoms with Gasteiger partial charge in [0, 0.05) is 30.4 Å². The van der Waals surface area contributed by atoms with Gasteiger partial charge < -0.3 is 10.2 Å². The Labute approximate surface area is 183 Å². The molecule has 1 saturated heterocycles. The fraction of sp³-hybridized carbons (Fsp3) is 0.440. The first-order chi connectivity index (χ1) is 14.6. The first-order valence-electron chi connectivity index (χ1n) is 11.0. The molecule has 1 aliphatic carbocycles. The molecule has 2 aliphatic rings. The molecule has 1 fully saturated rings. The van der Waals surface area contributed by atoms with Crippen molar-refractivity contribution in [2.24, 2.45) is 11.3 Å². The fourth-order valence-electron chi connectivity index (χ4n) is 4.81. The summed E-state index contributed by atoms with van der Waals surface area (Å²) in [6, 6.07) is 12.6. The monoisotopic (exact) mass is 422 g/mol. The Balaban J connectivity index is 1.60. The number of allylic oxidation sites excluding steroid dienone is 2. The molecule has 0 unspecified atom stereocenters. The van der Waals surface area contributed by atoms with Crippen molar-refractivity contribution in [1.29, 1.82) is 0 Å². The quantitative estimate of drug-likeness (QED) is 0.688. The maximum absolute atomic E-state index is 13.3. The molecule has 2 aromatic rings. The largest absolute Gasteiger partial charge is 0.356 e. The number of nitrogens with zero attached hydrogens (tertiary/aromatic N) is 1. The Hall–Kier alpha value is -2.40. The van der Waals surface area contributed by atoms with Crippen LogP contribution in [-0.2, 0) is 16.0 Å². The molecule has 5 heteroatoms. The highest BCUT2D eigenvalue weighted by Crippen LogP contribution is 2.39. The van der Waals surface area contributed by atoms with E-state index in [9.17, 15) is 9.59 Å². The first-order valence-corrected chi connectivity index (χ1v) is 11.8. The van der Waals surface area contributed by atoms with Crippen molar-refractivity contribution < 1.29 is 9.59 Å². The Bertz CT molecular complexity index is 921. The number of rotatable bonds is 6. The third kappa shape index (κ3) is 4.22. The van der Waals surface area contributed by atoms with E-state index in [1.165, 1.54) is 16.0 Å². The molecule has 4 rings (SSSR count). The maximum Gasteiger partial charge on any atom is 0.228 e. The molecule has 2 heterocycles. The zero-order valence-electron chi connectivity index (χ0n) is 17.6. The highest BCUT2D eigenvalue weighted by atomic mass is 32.1. The Morgan fingerprint density at radius 2 is 2.07 bits per heavy atom. The van der Waals surface area contributed by atoms with Crippen LogP contribution >= 0.6 is 11.3 Å². The standard InChI is InChI=1S/C25H30N2O2S/c1-2-26-24(29)25(14-15-27(18-25)23(28)19-9-4-3-5-10-19)17-20-11-6-7-12-21(20)22-13-8-16-30-22/h3-4,6-8,11-13,16,19H,2,5,9-10,14-15,17-18H2,1H3,(H,26,29)/t19-,25+/m0/s1. The Kier molecular flexibility index (Phi) is 6.38. The van der Waals surface area contributed by atoms with Gasteiger partial charge in [-0.25, -0.2) is 0 Å². The minimum absolute atomic E-state index is 0.0680. The van der Waals surface area contributed by atoms with Gasteiger partial charge in [-0.15, -0.1) is 11.3 Å². The van der Waals surface area contributed by atoms with Crippen LogP contribution < -0.4 is 5.32 Å². The summed E-state index contributed by atoms with van der Waals surface area (Å²) < 4.78 is 0. The number of carbonyl (C=O) groups is 2. The van der Waals surface area contributed by atoms with Crippen LogP contribution in [0.5, 0.6) is 0 Å². The predicted molar refractivity (Wildman–Crippen MR) is 122 cm³/mol.